The van der Waals surface area contributed by atoms with Gasteiger partial charge in [0.15, 0.2) is 5.76 Å². The van der Waals surface area contributed by atoms with Gasteiger partial charge in [-0.2, -0.15) is 0 Å². The number of aromatic carboxylic acids is 1. The number of rotatable bonds is 5. The maximum atomic E-state index is 12.2. The Morgan fingerprint density at radius 1 is 1.53 bits per heavy atom. The van der Waals surface area contributed by atoms with Crippen molar-refractivity contribution in [2.24, 2.45) is 0 Å². The highest BCUT2D eigenvalue weighted by Gasteiger charge is 2.24. The standard InChI is InChI=1S/C13H17NO5/c1-2-14(7-10-4-3-5-18-10)12(15)11-6-9(8-19-11)13(16)17/h6,8,10H,2-5,7H2,1H3,(H,16,17). The molecule has 19 heavy (non-hydrogen) atoms. The van der Waals surface area contributed by atoms with Gasteiger partial charge < -0.3 is 19.2 Å². The number of carbonyl (C=O) groups is 2. The van der Waals surface area contributed by atoms with Crippen LogP contribution in [0.3, 0.4) is 0 Å². The Morgan fingerprint density at radius 2 is 2.32 bits per heavy atom. The van der Waals surface area contributed by atoms with Crippen molar-refractivity contribution in [3.8, 4) is 0 Å². The third-order valence-electron chi connectivity index (χ3n) is 3.17. The molecular weight excluding hydrogens is 250 g/mol. The lowest BCUT2D eigenvalue weighted by molar-refractivity contribution is 0.0516. The molecular formula is C13H17NO5. The first-order valence-electron chi connectivity index (χ1n) is 6.34. The third kappa shape index (κ3) is 3.14. The molecule has 0 bridgehead atoms. The van der Waals surface area contributed by atoms with Crippen LogP contribution in [-0.2, 0) is 4.74 Å². The normalized spacial score (nSPS) is 18.5. The number of furan rings is 1. The Balaban J connectivity index is 2.04. The summed E-state index contributed by atoms with van der Waals surface area (Å²) < 4.78 is 10.5. The number of carbonyl (C=O) groups excluding carboxylic acids is 1. The zero-order valence-electron chi connectivity index (χ0n) is 10.8. The van der Waals surface area contributed by atoms with Gasteiger partial charge in [-0.15, -0.1) is 0 Å². The summed E-state index contributed by atoms with van der Waals surface area (Å²) in [5, 5.41) is 8.80. The van der Waals surface area contributed by atoms with Crippen LogP contribution in [-0.4, -0.2) is 47.7 Å². The molecule has 1 aliphatic rings. The van der Waals surface area contributed by atoms with Crippen LogP contribution in [0.5, 0.6) is 0 Å². The second kappa shape index (κ2) is 5.88. The van der Waals surface area contributed by atoms with Crippen LogP contribution >= 0.6 is 0 Å². The Bertz CT molecular complexity index is 461. The van der Waals surface area contributed by atoms with E-state index in [1.54, 1.807) is 4.90 Å². The van der Waals surface area contributed by atoms with Crippen LogP contribution in [0.4, 0.5) is 0 Å². The lowest BCUT2D eigenvalue weighted by atomic mass is 10.2. The molecule has 0 spiro atoms. The van der Waals surface area contributed by atoms with E-state index < -0.39 is 5.97 Å². The van der Waals surface area contributed by atoms with E-state index >= 15 is 0 Å². The number of ether oxygens (including phenoxy) is 1. The van der Waals surface area contributed by atoms with E-state index in [1.165, 1.54) is 6.07 Å². The molecule has 0 aliphatic carbocycles. The Morgan fingerprint density at radius 3 is 2.84 bits per heavy atom. The zero-order chi connectivity index (χ0) is 13.8. The highest BCUT2D eigenvalue weighted by Crippen LogP contribution is 2.16. The molecule has 1 unspecified atom stereocenters. The highest BCUT2D eigenvalue weighted by atomic mass is 16.5. The predicted molar refractivity (Wildman–Crippen MR) is 66.2 cm³/mol. The zero-order valence-corrected chi connectivity index (χ0v) is 10.8. The average molecular weight is 267 g/mol. The molecule has 2 heterocycles. The van der Waals surface area contributed by atoms with Crippen molar-refractivity contribution >= 4 is 11.9 Å². The van der Waals surface area contributed by atoms with Crippen molar-refractivity contribution in [2.75, 3.05) is 19.7 Å². The van der Waals surface area contributed by atoms with Gasteiger partial charge in [0.2, 0.25) is 0 Å². The summed E-state index contributed by atoms with van der Waals surface area (Å²) in [5.74, 6) is -1.35. The molecule has 6 heteroatoms. The molecule has 1 atom stereocenters. The van der Waals surface area contributed by atoms with Crippen LogP contribution in [0.2, 0.25) is 0 Å². The van der Waals surface area contributed by atoms with Crippen molar-refractivity contribution in [1.82, 2.24) is 4.90 Å². The van der Waals surface area contributed by atoms with Gasteiger partial charge in [0.25, 0.3) is 5.91 Å². The number of carboxylic acid groups (broad SMARTS) is 1. The number of likely N-dealkylation sites (N-methyl/N-ethyl adjacent to an activating group) is 1. The Hall–Kier alpha value is -1.82. The first-order chi connectivity index (χ1) is 9.11. The van der Waals surface area contributed by atoms with E-state index in [0.29, 0.717) is 13.1 Å². The molecule has 2 rings (SSSR count). The predicted octanol–water partition coefficient (Wildman–Crippen LogP) is 1.62. The second-order valence-corrected chi connectivity index (χ2v) is 4.48. The van der Waals surface area contributed by atoms with Crippen LogP contribution in [0.25, 0.3) is 0 Å². The van der Waals surface area contributed by atoms with E-state index in [0.717, 1.165) is 25.7 Å². The lowest BCUT2D eigenvalue weighted by Crippen LogP contribution is -2.37. The number of carboxylic acids is 1. The molecule has 1 aromatic rings. The maximum absolute atomic E-state index is 12.2. The van der Waals surface area contributed by atoms with E-state index in [1.807, 2.05) is 6.92 Å². The maximum Gasteiger partial charge on any atom is 0.338 e. The molecule has 1 aromatic heterocycles. The van der Waals surface area contributed by atoms with Crippen molar-refractivity contribution in [3.63, 3.8) is 0 Å². The van der Waals surface area contributed by atoms with Crippen LogP contribution in [0.1, 0.15) is 40.7 Å². The Labute approximate surface area is 110 Å². The first-order valence-corrected chi connectivity index (χ1v) is 6.34. The van der Waals surface area contributed by atoms with E-state index in [4.69, 9.17) is 14.3 Å². The SMILES string of the molecule is CCN(CC1CCCO1)C(=O)c1cc(C(=O)O)co1. The van der Waals surface area contributed by atoms with E-state index in [9.17, 15) is 9.59 Å². The minimum Gasteiger partial charge on any atom is -0.478 e. The fourth-order valence-electron chi connectivity index (χ4n) is 2.11. The summed E-state index contributed by atoms with van der Waals surface area (Å²) in [4.78, 5) is 24.5. The van der Waals surface area contributed by atoms with Gasteiger partial charge in [-0.1, -0.05) is 0 Å². The number of hydrogen-bond donors (Lipinski definition) is 1. The number of nitrogens with zero attached hydrogens (tertiary/aromatic N) is 1. The quantitative estimate of drug-likeness (QED) is 0.876. The summed E-state index contributed by atoms with van der Waals surface area (Å²) in [5.41, 5.74) is -0.0171. The smallest absolute Gasteiger partial charge is 0.338 e. The van der Waals surface area contributed by atoms with Crippen molar-refractivity contribution in [2.45, 2.75) is 25.9 Å². The summed E-state index contributed by atoms with van der Waals surface area (Å²) in [6, 6.07) is 1.25. The van der Waals surface area contributed by atoms with E-state index in [-0.39, 0.29) is 23.3 Å². The molecule has 0 saturated carbocycles. The first kappa shape index (κ1) is 13.6. The number of hydrogen-bond acceptors (Lipinski definition) is 4. The monoisotopic (exact) mass is 267 g/mol. The average Bonchev–Trinajstić information content (AvgIpc) is 3.06. The summed E-state index contributed by atoms with van der Waals surface area (Å²) in [6.07, 6.45) is 3.11. The molecule has 1 fully saturated rings. The van der Waals surface area contributed by atoms with Gasteiger partial charge in [0, 0.05) is 25.8 Å². The Kier molecular flexibility index (Phi) is 4.21. The summed E-state index contributed by atoms with van der Waals surface area (Å²) in [7, 11) is 0. The van der Waals surface area contributed by atoms with Gasteiger partial charge in [-0.05, 0) is 19.8 Å². The largest absolute Gasteiger partial charge is 0.478 e. The van der Waals surface area contributed by atoms with Gasteiger partial charge >= 0.3 is 5.97 Å². The fourth-order valence-corrected chi connectivity index (χ4v) is 2.11. The molecule has 1 N–H and O–H groups in total. The molecule has 1 amide bonds. The molecule has 1 aliphatic heterocycles. The van der Waals surface area contributed by atoms with Gasteiger partial charge in [0.1, 0.15) is 6.26 Å². The molecule has 6 nitrogen and oxygen atoms in total. The van der Waals surface area contributed by atoms with Gasteiger partial charge in [-0.25, -0.2) is 4.79 Å². The summed E-state index contributed by atoms with van der Waals surface area (Å²) in [6.45, 7) is 3.65. The topological polar surface area (TPSA) is 80.0 Å². The van der Waals surface area contributed by atoms with Crippen LogP contribution in [0.15, 0.2) is 16.7 Å². The van der Waals surface area contributed by atoms with E-state index in [2.05, 4.69) is 0 Å². The van der Waals surface area contributed by atoms with Gasteiger partial charge in [-0.3, -0.25) is 4.79 Å². The minimum absolute atomic E-state index is 0.0171. The molecule has 1 saturated heterocycles. The van der Waals surface area contributed by atoms with Crippen molar-refractivity contribution in [3.05, 3.63) is 23.7 Å². The molecule has 0 aromatic carbocycles. The number of amides is 1. The van der Waals surface area contributed by atoms with Crippen molar-refractivity contribution < 1.29 is 23.8 Å². The van der Waals surface area contributed by atoms with Crippen LogP contribution < -0.4 is 0 Å². The third-order valence-corrected chi connectivity index (χ3v) is 3.17. The minimum atomic E-state index is -1.11. The molecule has 104 valence electrons. The highest BCUT2D eigenvalue weighted by molar-refractivity contribution is 5.95. The summed E-state index contributed by atoms with van der Waals surface area (Å²) >= 11 is 0. The fraction of sp³-hybridized carbons (Fsp3) is 0.538. The van der Waals surface area contributed by atoms with Crippen molar-refractivity contribution in [1.29, 1.82) is 0 Å². The van der Waals surface area contributed by atoms with Gasteiger partial charge in [0.05, 0.1) is 11.7 Å². The lowest BCUT2D eigenvalue weighted by Gasteiger charge is -2.22. The molecule has 0 radical (unpaired) electrons. The second-order valence-electron chi connectivity index (χ2n) is 4.48. The van der Waals surface area contributed by atoms with Crippen LogP contribution in [0, 0.1) is 0 Å².